The van der Waals surface area contributed by atoms with Crippen molar-refractivity contribution < 1.29 is 19.0 Å². The molecule has 172 valence electrons. The zero-order valence-corrected chi connectivity index (χ0v) is 18.6. The Morgan fingerprint density at radius 1 is 1.16 bits per heavy atom. The predicted octanol–water partition coefficient (Wildman–Crippen LogP) is 3.96. The van der Waals surface area contributed by atoms with E-state index in [2.05, 4.69) is 32.5 Å². The average Bonchev–Trinajstić information content (AvgIpc) is 2.84. The van der Waals surface area contributed by atoms with Crippen molar-refractivity contribution in [3.05, 3.63) is 42.1 Å². The summed E-state index contributed by atoms with van der Waals surface area (Å²) in [6.07, 6.45) is 2.93. The van der Waals surface area contributed by atoms with Crippen molar-refractivity contribution in [3.63, 3.8) is 0 Å². The van der Waals surface area contributed by atoms with Gasteiger partial charge in [0.25, 0.3) is 0 Å². The SMILES string of the molecule is CCCC[C@@H](Nc1nc(NCc2ccc(OC)cc2OC)nc2cccnc12)C(O)CF. The van der Waals surface area contributed by atoms with Crippen LogP contribution in [-0.4, -0.2) is 53.1 Å². The van der Waals surface area contributed by atoms with Crippen LogP contribution in [0.2, 0.25) is 0 Å². The first kappa shape index (κ1) is 23.5. The summed E-state index contributed by atoms with van der Waals surface area (Å²) in [6.45, 7) is 1.64. The molecule has 1 unspecified atom stereocenters. The van der Waals surface area contributed by atoms with Gasteiger partial charge in [-0.3, -0.25) is 4.98 Å². The lowest BCUT2D eigenvalue weighted by Gasteiger charge is -2.23. The summed E-state index contributed by atoms with van der Waals surface area (Å²) in [5.74, 6) is 2.22. The largest absolute Gasteiger partial charge is 0.497 e. The summed E-state index contributed by atoms with van der Waals surface area (Å²) >= 11 is 0. The van der Waals surface area contributed by atoms with E-state index in [1.807, 2.05) is 24.3 Å². The van der Waals surface area contributed by atoms with Crippen LogP contribution < -0.4 is 20.1 Å². The molecular weight excluding hydrogens is 413 g/mol. The molecule has 0 saturated carbocycles. The minimum Gasteiger partial charge on any atom is -0.497 e. The highest BCUT2D eigenvalue weighted by Gasteiger charge is 2.21. The first-order chi connectivity index (χ1) is 15.6. The van der Waals surface area contributed by atoms with Crippen LogP contribution in [0.15, 0.2) is 36.5 Å². The number of hydrogen-bond acceptors (Lipinski definition) is 8. The lowest BCUT2D eigenvalue weighted by molar-refractivity contribution is 0.116. The Morgan fingerprint density at radius 3 is 2.72 bits per heavy atom. The normalized spacial score (nSPS) is 12.9. The molecule has 0 spiro atoms. The van der Waals surface area contributed by atoms with Crippen molar-refractivity contribution in [2.24, 2.45) is 0 Å². The fraction of sp³-hybridized carbons (Fsp3) is 0.435. The van der Waals surface area contributed by atoms with Crippen LogP contribution in [0.3, 0.4) is 0 Å². The van der Waals surface area contributed by atoms with Gasteiger partial charge in [0.05, 0.1) is 25.8 Å². The number of rotatable bonds is 12. The molecule has 0 amide bonds. The van der Waals surface area contributed by atoms with Crippen molar-refractivity contribution >= 4 is 22.8 Å². The number of fused-ring (bicyclic) bond motifs is 1. The maximum absolute atomic E-state index is 13.2. The highest BCUT2D eigenvalue weighted by atomic mass is 19.1. The number of pyridine rings is 1. The van der Waals surface area contributed by atoms with E-state index in [1.54, 1.807) is 26.5 Å². The summed E-state index contributed by atoms with van der Waals surface area (Å²) in [5, 5.41) is 16.6. The second kappa shape index (κ2) is 11.4. The van der Waals surface area contributed by atoms with Crippen LogP contribution in [-0.2, 0) is 6.54 Å². The zero-order chi connectivity index (χ0) is 22.9. The minimum absolute atomic E-state index is 0.384. The van der Waals surface area contributed by atoms with E-state index < -0.39 is 18.8 Å². The molecular formula is C23H30FN5O3. The molecule has 0 bridgehead atoms. The first-order valence-corrected chi connectivity index (χ1v) is 10.7. The standard InChI is InChI=1S/C23H30FN5O3/c1-4-5-7-17(19(30)13-24)27-22-21-18(8-6-11-25-21)28-23(29-22)26-14-15-9-10-16(31-2)12-20(15)32-3/h6,8-12,17,19,30H,4-5,7,13-14H2,1-3H3,(H2,26,27,28,29)/t17-,19?/m1/s1. The summed E-state index contributed by atoms with van der Waals surface area (Å²) in [5.41, 5.74) is 2.11. The number of aliphatic hydroxyl groups is 1. The van der Waals surface area contributed by atoms with Crippen molar-refractivity contribution in [2.75, 3.05) is 31.5 Å². The number of ether oxygens (including phenoxy) is 2. The van der Waals surface area contributed by atoms with E-state index in [9.17, 15) is 9.50 Å². The van der Waals surface area contributed by atoms with Gasteiger partial charge in [-0.05, 0) is 30.7 Å². The van der Waals surface area contributed by atoms with Gasteiger partial charge in [-0.25, -0.2) is 9.37 Å². The molecule has 0 aliphatic heterocycles. The number of aromatic nitrogens is 3. The van der Waals surface area contributed by atoms with Gasteiger partial charge in [-0.1, -0.05) is 19.8 Å². The van der Waals surface area contributed by atoms with Crippen molar-refractivity contribution in [3.8, 4) is 11.5 Å². The van der Waals surface area contributed by atoms with Gasteiger partial charge < -0.3 is 25.2 Å². The number of nitrogens with zero attached hydrogens (tertiary/aromatic N) is 3. The molecule has 3 rings (SSSR count). The number of benzene rings is 1. The summed E-state index contributed by atoms with van der Waals surface area (Å²) in [6, 6.07) is 8.72. The molecule has 0 radical (unpaired) electrons. The molecule has 1 aromatic carbocycles. The lowest BCUT2D eigenvalue weighted by Crippen LogP contribution is -2.35. The van der Waals surface area contributed by atoms with Crippen LogP contribution in [0.1, 0.15) is 31.7 Å². The van der Waals surface area contributed by atoms with Gasteiger partial charge in [0.2, 0.25) is 5.95 Å². The van der Waals surface area contributed by atoms with Gasteiger partial charge in [0.15, 0.2) is 5.82 Å². The van der Waals surface area contributed by atoms with Gasteiger partial charge in [0.1, 0.15) is 29.8 Å². The predicted molar refractivity (Wildman–Crippen MR) is 123 cm³/mol. The number of unbranched alkanes of at least 4 members (excludes halogenated alkanes) is 1. The average molecular weight is 444 g/mol. The highest BCUT2D eigenvalue weighted by molar-refractivity contribution is 5.86. The number of nitrogens with one attached hydrogen (secondary N) is 2. The molecule has 0 saturated heterocycles. The number of alkyl halides is 1. The van der Waals surface area contributed by atoms with Crippen molar-refractivity contribution in [1.82, 2.24) is 15.0 Å². The Morgan fingerprint density at radius 2 is 2.00 bits per heavy atom. The van der Waals surface area contributed by atoms with Crippen LogP contribution in [0.4, 0.5) is 16.2 Å². The number of hydrogen-bond donors (Lipinski definition) is 3. The highest BCUT2D eigenvalue weighted by Crippen LogP contribution is 2.26. The third-order valence-electron chi connectivity index (χ3n) is 5.20. The fourth-order valence-electron chi connectivity index (χ4n) is 3.39. The quantitative estimate of drug-likeness (QED) is 0.387. The van der Waals surface area contributed by atoms with Crippen molar-refractivity contribution in [2.45, 2.75) is 44.9 Å². The Labute approximate surface area is 187 Å². The maximum Gasteiger partial charge on any atom is 0.225 e. The van der Waals surface area contributed by atoms with Gasteiger partial charge >= 0.3 is 0 Å². The van der Waals surface area contributed by atoms with Crippen LogP contribution in [0.5, 0.6) is 11.5 Å². The molecule has 0 aliphatic rings. The molecule has 3 N–H and O–H groups in total. The van der Waals surface area contributed by atoms with E-state index >= 15 is 0 Å². The van der Waals surface area contributed by atoms with Gasteiger partial charge in [-0.15, -0.1) is 0 Å². The molecule has 2 aromatic heterocycles. The molecule has 2 atom stereocenters. The molecule has 8 nitrogen and oxygen atoms in total. The van der Waals surface area contributed by atoms with E-state index in [0.29, 0.717) is 47.3 Å². The summed E-state index contributed by atoms with van der Waals surface area (Å²) < 4.78 is 23.9. The summed E-state index contributed by atoms with van der Waals surface area (Å²) in [7, 11) is 3.21. The molecule has 9 heteroatoms. The maximum atomic E-state index is 13.2. The number of aliphatic hydroxyl groups excluding tert-OH is 1. The Balaban J connectivity index is 1.87. The van der Waals surface area contributed by atoms with E-state index in [0.717, 1.165) is 18.4 Å². The molecule has 2 heterocycles. The molecule has 0 aliphatic carbocycles. The third kappa shape index (κ3) is 5.73. The van der Waals surface area contributed by atoms with Crippen LogP contribution >= 0.6 is 0 Å². The monoisotopic (exact) mass is 443 g/mol. The zero-order valence-electron chi connectivity index (χ0n) is 18.6. The molecule has 0 fully saturated rings. The Bertz CT molecular complexity index is 1020. The summed E-state index contributed by atoms with van der Waals surface area (Å²) in [4.78, 5) is 13.5. The second-order valence-electron chi connectivity index (χ2n) is 7.41. The Hall–Kier alpha value is -3.20. The number of anilines is 2. The molecule has 3 aromatic rings. The second-order valence-corrected chi connectivity index (χ2v) is 7.41. The van der Waals surface area contributed by atoms with E-state index in [4.69, 9.17) is 9.47 Å². The minimum atomic E-state index is -1.13. The van der Waals surface area contributed by atoms with Gasteiger partial charge in [-0.2, -0.15) is 4.98 Å². The van der Waals surface area contributed by atoms with Crippen molar-refractivity contribution in [1.29, 1.82) is 0 Å². The number of halogens is 1. The lowest BCUT2D eigenvalue weighted by atomic mass is 10.0. The topological polar surface area (TPSA) is 101 Å². The van der Waals surface area contributed by atoms with E-state index in [1.165, 1.54) is 0 Å². The van der Waals surface area contributed by atoms with Gasteiger partial charge in [0, 0.05) is 24.4 Å². The molecule has 32 heavy (non-hydrogen) atoms. The smallest absolute Gasteiger partial charge is 0.225 e. The van der Waals surface area contributed by atoms with E-state index in [-0.39, 0.29) is 0 Å². The third-order valence-corrected chi connectivity index (χ3v) is 5.20. The number of methoxy groups -OCH3 is 2. The van der Waals surface area contributed by atoms with Crippen LogP contribution in [0, 0.1) is 0 Å². The first-order valence-electron chi connectivity index (χ1n) is 10.7. The fourth-order valence-corrected chi connectivity index (χ4v) is 3.39. The Kier molecular flexibility index (Phi) is 8.38. The van der Waals surface area contributed by atoms with Crippen LogP contribution in [0.25, 0.3) is 11.0 Å².